The molecule has 1 N–H and O–H groups in total. The predicted molar refractivity (Wildman–Crippen MR) is 118 cm³/mol. The number of hydrogen-bond donors (Lipinski definition) is 1. The number of ether oxygens (including phenoxy) is 1. The first kappa shape index (κ1) is 21.6. The Morgan fingerprint density at radius 3 is 2.55 bits per heavy atom. The second-order valence-electron chi connectivity index (χ2n) is 7.49. The van der Waals surface area contributed by atoms with E-state index in [2.05, 4.69) is 41.2 Å². The fourth-order valence-electron chi connectivity index (χ4n) is 3.51. The maximum absolute atomic E-state index is 12.8. The van der Waals surface area contributed by atoms with Gasteiger partial charge in [0.1, 0.15) is 5.75 Å². The van der Waals surface area contributed by atoms with Gasteiger partial charge in [-0.1, -0.05) is 36.7 Å². The molecule has 1 fully saturated rings. The highest BCUT2D eigenvalue weighted by Crippen LogP contribution is 2.23. The minimum absolute atomic E-state index is 0.0833. The number of likely N-dealkylation sites (N-methyl/N-ethyl adjacent to an activating group) is 1. The monoisotopic (exact) mass is 415 g/mol. The highest BCUT2D eigenvalue weighted by Gasteiger charge is 2.24. The van der Waals surface area contributed by atoms with Gasteiger partial charge in [-0.2, -0.15) is 0 Å². The van der Waals surface area contributed by atoms with Gasteiger partial charge in [0.05, 0.1) is 12.6 Å². The summed E-state index contributed by atoms with van der Waals surface area (Å²) in [5.41, 5.74) is 1.78. The molecule has 6 heteroatoms. The van der Waals surface area contributed by atoms with Crippen molar-refractivity contribution in [3.63, 3.8) is 0 Å². The Labute approximate surface area is 178 Å². The van der Waals surface area contributed by atoms with E-state index in [9.17, 15) is 4.79 Å². The third-order valence-corrected chi connectivity index (χ3v) is 5.51. The van der Waals surface area contributed by atoms with Gasteiger partial charge in [-0.3, -0.25) is 9.69 Å². The maximum atomic E-state index is 12.8. The van der Waals surface area contributed by atoms with Crippen molar-refractivity contribution in [3.8, 4) is 5.75 Å². The smallest absolute Gasteiger partial charge is 0.251 e. The first-order chi connectivity index (χ1) is 14.1. The molecule has 0 radical (unpaired) electrons. The maximum Gasteiger partial charge on any atom is 0.251 e. The number of carbonyl (C=O) groups is 1. The Kier molecular flexibility index (Phi) is 7.92. The number of halogens is 1. The molecule has 0 unspecified atom stereocenters. The summed E-state index contributed by atoms with van der Waals surface area (Å²) in [5.74, 6) is 0.646. The number of amides is 1. The zero-order valence-corrected chi connectivity index (χ0v) is 18.0. The van der Waals surface area contributed by atoms with Gasteiger partial charge < -0.3 is 15.0 Å². The topological polar surface area (TPSA) is 44.8 Å². The fraction of sp³-hybridized carbons (Fsp3) is 0.435. The Morgan fingerprint density at radius 2 is 1.86 bits per heavy atom. The van der Waals surface area contributed by atoms with Crippen molar-refractivity contribution < 1.29 is 9.53 Å². The molecule has 0 aliphatic carbocycles. The van der Waals surface area contributed by atoms with E-state index in [0.717, 1.165) is 43.4 Å². The molecular weight excluding hydrogens is 386 g/mol. The van der Waals surface area contributed by atoms with Gasteiger partial charge in [-0.05, 0) is 49.4 Å². The van der Waals surface area contributed by atoms with E-state index in [4.69, 9.17) is 16.3 Å². The standard InChI is InChI=1S/C23H30ClN3O2/c1-3-15-29-21-6-4-5-19(16-21)23(28)25-17-22(18-7-9-20(24)10-8-18)27-13-11-26(2)12-14-27/h4-10,16,22H,3,11-15,17H2,1-2H3,(H,25,28)/t22-/m1/s1. The molecule has 1 atom stereocenters. The Hall–Kier alpha value is -2.08. The molecule has 29 heavy (non-hydrogen) atoms. The minimum Gasteiger partial charge on any atom is -0.494 e. The summed E-state index contributed by atoms with van der Waals surface area (Å²) in [6, 6.07) is 15.4. The number of nitrogens with one attached hydrogen (secondary N) is 1. The summed E-state index contributed by atoms with van der Waals surface area (Å²) in [7, 11) is 2.14. The summed E-state index contributed by atoms with van der Waals surface area (Å²) in [4.78, 5) is 17.5. The highest BCUT2D eigenvalue weighted by atomic mass is 35.5. The van der Waals surface area contributed by atoms with Gasteiger partial charge in [0.15, 0.2) is 0 Å². The van der Waals surface area contributed by atoms with E-state index in [1.165, 1.54) is 5.56 Å². The summed E-state index contributed by atoms with van der Waals surface area (Å²) >= 11 is 6.08. The van der Waals surface area contributed by atoms with Crippen molar-refractivity contribution in [3.05, 3.63) is 64.7 Å². The van der Waals surface area contributed by atoms with Gasteiger partial charge in [0, 0.05) is 43.3 Å². The number of piperazine rings is 1. The average Bonchev–Trinajstić information content (AvgIpc) is 2.75. The van der Waals surface area contributed by atoms with Crippen LogP contribution in [0, 0.1) is 0 Å². The molecule has 156 valence electrons. The third kappa shape index (κ3) is 6.20. The highest BCUT2D eigenvalue weighted by molar-refractivity contribution is 6.30. The van der Waals surface area contributed by atoms with Crippen LogP contribution in [-0.2, 0) is 0 Å². The molecule has 2 aromatic rings. The summed E-state index contributed by atoms with van der Waals surface area (Å²) in [6.07, 6.45) is 0.935. The number of hydrogen-bond acceptors (Lipinski definition) is 4. The van der Waals surface area contributed by atoms with E-state index in [0.29, 0.717) is 18.7 Å². The molecule has 1 heterocycles. The van der Waals surface area contributed by atoms with Crippen LogP contribution in [-0.4, -0.2) is 62.1 Å². The lowest BCUT2D eigenvalue weighted by molar-refractivity contribution is 0.0886. The summed E-state index contributed by atoms with van der Waals surface area (Å²) < 4.78 is 5.65. The normalized spacial score (nSPS) is 16.4. The van der Waals surface area contributed by atoms with Gasteiger partial charge >= 0.3 is 0 Å². The van der Waals surface area contributed by atoms with Crippen LogP contribution in [0.25, 0.3) is 0 Å². The molecule has 1 amide bonds. The Morgan fingerprint density at radius 1 is 1.14 bits per heavy atom. The molecule has 1 aliphatic heterocycles. The van der Waals surface area contributed by atoms with Crippen LogP contribution in [0.2, 0.25) is 5.02 Å². The Bertz CT molecular complexity index is 789. The second-order valence-corrected chi connectivity index (χ2v) is 7.93. The lowest BCUT2D eigenvalue weighted by atomic mass is 10.0. The Balaban J connectivity index is 1.69. The van der Waals surface area contributed by atoms with Crippen LogP contribution in [0.5, 0.6) is 5.75 Å². The molecule has 3 rings (SSSR count). The molecule has 0 spiro atoms. The van der Waals surface area contributed by atoms with Crippen LogP contribution in [0.4, 0.5) is 0 Å². The zero-order chi connectivity index (χ0) is 20.6. The third-order valence-electron chi connectivity index (χ3n) is 5.26. The van der Waals surface area contributed by atoms with Gasteiger partial charge in [0.2, 0.25) is 0 Å². The number of carbonyl (C=O) groups excluding carboxylic acids is 1. The number of benzene rings is 2. The molecular formula is C23H30ClN3O2. The van der Waals surface area contributed by atoms with Gasteiger partial charge in [-0.25, -0.2) is 0 Å². The van der Waals surface area contributed by atoms with E-state index in [1.807, 2.05) is 30.3 Å². The van der Waals surface area contributed by atoms with Crippen LogP contribution in [0.3, 0.4) is 0 Å². The van der Waals surface area contributed by atoms with Gasteiger partial charge in [0.25, 0.3) is 5.91 Å². The summed E-state index contributed by atoms with van der Waals surface area (Å²) in [5, 5.41) is 3.84. The fourth-order valence-corrected chi connectivity index (χ4v) is 3.64. The predicted octanol–water partition coefficient (Wildman–Crippen LogP) is 3.85. The molecule has 1 aliphatic rings. The van der Waals surface area contributed by atoms with Crippen molar-refractivity contribution >= 4 is 17.5 Å². The lowest BCUT2D eigenvalue weighted by Crippen LogP contribution is -2.48. The van der Waals surface area contributed by atoms with Crippen LogP contribution in [0.15, 0.2) is 48.5 Å². The first-order valence-electron chi connectivity index (χ1n) is 10.3. The van der Waals surface area contributed by atoms with Gasteiger partial charge in [-0.15, -0.1) is 0 Å². The summed E-state index contributed by atoms with van der Waals surface area (Å²) in [6.45, 7) is 7.24. The van der Waals surface area contributed by atoms with Crippen LogP contribution >= 0.6 is 11.6 Å². The molecule has 0 saturated carbocycles. The van der Waals surface area contributed by atoms with Crippen molar-refractivity contribution in [2.24, 2.45) is 0 Å². The van der Waals surface area contributed by atoms with Crippen LogP contribution in [0.1, 0.15) is 35.3 Å². The molecule has 2 aromatic carbocycles. The minimum atomic E-state index is -0.0833. The SMILES string of the molecule is CCCOc1cccc(C(=O)NC[C@H](c2ccc(Cl)cc2)N2CCN(C)CC2)c1. The molecule has 0 bridgehead atoms. The van der Waals surface area contributed by atoms with E-state index in [-0.39, 0.29) is 11.9 Å². The lowest BCUT2D eigenvalue weighted by Gasteiger charge is -2.38. The second kappa shape index (κ2) is 10.6. The molecule has 0 aromatic heterocycles. The average molecular weight is 416 g/mol. The van der Waals surface area contributed by atoms with Crippen molar-refractivity contribution in [2.75, 3.05) is 46.4 Å². The molecule has 1 saturated heterocycles. The van der Waals surface area contributed by atoms with Crippen molar-refractivity contribution in [1.82, 2.24) is 15.1 Å². The largest absolute Gasteiger partial charge is 0.494 e. The first-order valence-corrected chi connectivity index (χ1v) is 10.6. The zero-order valence-electron chi connectivity index (χ0n) is 17.2. The van der Waals surface area contributed by atoms with E-state index < -0.39 is 0 Å². The number of rotatable bonds is 8. The molecule has 5 nitrogen and oxygen atoms in total. The number of nitrogens with zero attached hydrogens (tertiary/aromatic N) is 2. The quantitative estimate of drug-likeness (QED) is 0.711. The van der Waals surface area contributed by atoms with Crippen LogP contribution < -0.4 is 10.1 Å². The van der Waals surface area contributed by atoms with Crippen molar-refractivity contribution in [2.45, 2.75) is 19.4 Å². The van der Waals surface area contributed by atoms with E-state index >= 15 is 0 Å². The van der Waals surface area contributed by atoms with E-state index in [1.54, 1.807) is 6.07 Å². The van der Waals surface area contributed by atoms with Crippen molar-refractivity contribution in [1.29, 1.82) is 0 Å².